The maximum atomic E-state index is 5.70. The molecule has 1 unspecified atom stereocenters. The molecule has 0 radical (unpaired) electrons. The van der Waals surface area contributed by atoms with Gasteiger partial charge in [0.15, 0.2) is 0 Å². The summed E-state index contributed by atoms with van der Waals surface area (Å²) in [6, 6.07) is 4.72. The third-order valence-electron chi connectivity index (χ3n) is 3.25. The number of rotatable bonds is 4. The van der Waals surface area contributed by atoms with Gasteiger partial charge in [-0.15, -0.1) is 11.3 Å². The Balaban J connectivity index is 2.08. The predicted octanol–water partition coefficient (Wildman–Crippen LogP) is 2.24. The highest BCUT2D eigenvalue weighted by molar-refractivity contribution is 7.12. The first-order valence-corrected chi connectivity index (χ1v) is 6.79. The molecule has 0 bridgehead atoms. The molecule has 1 aromatic rings. The van der Waals surface area contributed by atoms with E-state index >= 15 is 0 Å². The fraction of sp³-hybridized carbons (Fsp3) is 0.667. The van der Waals surface area contributed by atoms with Crippen LogP contribution in [0, 0.1) is 5.92 Å². The Morgan fingerprint density at radius 3 is 2.81 bits per heavy atom. The molecule has 0 spiro atoms. The van der Waals surface area contributed by atoms with Crippen molar-refractivity contribution < 1.29 is 4.74 Å². The molecule has 0 amide bonds. The highest BCUT2D eigenvalue weighted by Gasteiger charge is 2.25. The fourth-order valence-corrected chi connectivity index (χ4v) is 3.36. The third kappa shape index (κ3) is 2.63. The van der Waals surface area contributed by atoms with E-state index in [-0.39, 0.29) is 0 Å². The number of ether oxygens (including phenoxy) is 1. The van der Waals surface area contributed by atoms with E-state index in [1.807, 2.05) is 11.3 Å². The molecule has 0 aromatic carbocycles. The van der Waals surface area contributed by atoms with Crippen molar-refractivity contribution in [3.05, 3.63) is 21.9 Å². The van der Waals surface area contributed by atoms with Gasteiger partial charge in [-0.1, -0.05) is 6.92 Å². The summed E-state index contributed by atoms with van der Waals surface area (Å²) >= 11 is 1.88. The van der Waals surface area contributed by atoms with Crippen LogP contribution < -0.4 is 11.3 Å². The Morgan fingerprint density at radius 2 is 2.25 bits per heavy atom. The Morgan fingerprint density at radius 1 is 1.50 bits per heavy atom. The van der Waals surface area contributed by atoms with Gasteiger partial charge in [0.05, 0.1) is 6.04 Å². The highest BCUT2D eigenvalue weighted by Crippen LogP contribution is 2.33. The third-order valence-corrected chi connectivity index (χ3v) is 4.57. The van der Waals surface area contributed by atoms with Gasteiger partial charge < -0.3 is 4.74 Å². The second kappa shape index (κ2) is 5.77. The van der Waals surface area contributed by atoms with E-state index in [0.717, 1.165) is 32.5 Å². The van der Waals surface area contributed by atoms with Crippen molar-refractivity contribution in [1.82, 2.24) is 5.43 Å². The van der Waals surface area contributed by atoms with Crippen LogP contribution in [0.25, 0.3) is 0 Å². The standard InChI is InChI=1S/C12H20N2OS/c1-2-10-3-4-11(16-10)12(14-13)9-5-7-15-8-6-9/h3-4,9,12,14H,2,5-8,13H2,1H3. The van der Waals surface area contributed by atoms with Gasteiger partial charge in [0.25, 0.3) is 0 Å². The van der Waals surface area contributed by atoms with Crippen LogP contribution in [0.3, 0.4) is 0 Å². The van der Waals surface area contributed by atoms with Crippen molar-refractivity contribution in [3.63, 3.8) is 0 Å². The second-order valence-electron chi connectivity index (χ2n) is 4.25. The Kier molecular flexibility index (Phi) is 4.35. The molecule has 90 valence electrons. The fourth-order valence-electron chi connectivity index (χ4n) is 2.25. The largest absolute Gasteiger partial charge is 0.381 e. The lowest BCUT2D eigenvalue weighted by molar-refractivity contribution is 0.0540. The summed E-state index contributed by atoms with van der Waals surface area (Å²) in [7, 11) is 0. The number of aryl methyl sites for hydroxylation is 1. The molecule has 2 heterocycles. The van der Waals surface area contributed by atoms with Crippen molar-refractivity contribution in [3.8, 4) is 0 Å². The first-order chi connectivity index (χ1) is 7.85. The molecule has 16 heavy (non-hydrogen) atoms. The van der Waals surface area contributed by atoms with Gasteiger partial charge in [0.2, 0.25) is 0 Å². The van der Waals surface area contributed by atoms with Gasteiger partial charge in [0, 0.05) is 23.0 Å². The lowest BCUT2D eigenvalue weighted by Gasteiger charge is -2.29. The Hall–Kier alpha value is -0.420. The highest BCUT2D eigenvalue weighted by atomic mass is 32.1. The van der Waals surface area contributed by atoms with Crippen LogP contribution in [0.15, 0.2) is 12.1 Å². The number of hydrogen-bond acceptors (Lipinski definition) is 4. The molecule has 3 N–H and O–H groups in total. The zero-order valence-electron chi connectivity index (χ0n) is 9.74. The number of hydrazine groups is 1. The summed E-state index contributed by atoms with van der Waals surface area (Å²) in [5, 5.41) is 0. The average molecular weight is 240 g/mol. The summed E-state index contributed by atoms with van der Waals surface area (Å²) in [6.07, 6.45) is 3.32. The van der Waals surface area contributed by atoms with Crippen molar-refractivity contribution >= 4 is 11.3 Å². The maximum Gasteiger partial charge on any atom is 0.0583 e. The molecule has 1 aliphatic rings. The van der Waals surface area contributed by atoms with Gasteiger partial charge in [-0.05, 0) is 37.3 Å². The number of nitrogens with two attached hydrogens (primary N) is 1. The molecule has 3 nitrogen and oxygen atoms in total. The molecule has 4 heteroatoms. The minimum absolute atomic E-state index is 0.300. The zero-order chi connectivity index (χ0) is 11.4. The quantitative estimate of drug-likeness (QED) is 0.627. The summed E-state index contributed by atoms with van der Waals surface area (Å²) in [5.41, 5.74) is 2.98. The lowest BCUT2D eigenvalue weighted by Crippen LogP contribution is -2.35. The first kappa shape index (κ1) is 12.0. The van der Waals surface area contributed by atoms with Crippen LogP contribution in [0.4, 0.5) is 0 Å². The van der Waals surface area contributed by atoms with Crippen LogP contribution in [0.2, 0.25) is 0 Å². The van der Waals surface area contributed by atoms with E-state index in [1.165, 1.54) is 9.75 Å². The van der Waals surface area contributed by atoms with Crippen LogP contribution in [0.5, 0.6) is 0 Å². The number of hydrogen-bond donors (Lipinski definition) is 2. The Bertz CT molecular complexity index is 321. The van der Waals surface area contributed by atoms with Gasteiger partial charge in [-0.3, -0.25) is 11.3 Å². The van der Waals surface area contributed by atoms with E-state index in [1.54, 1.807) is 0 Å². The minimum atomic E-state index is 0.300. The van der Waals surface area contributed by atoms with E-state index in [0.29, 0.717) is 12.0 Å². The second-order valence-corrected chi connectivity index (χ2v) is 5.45. The molecular weight excluding hydrogens is 220 g/mol. The normalized spacial score (nSPS) is 19.9. The SMILES string of the molecule is CCc1ccc(C(NN)C2CCOCC2)s1. The molecule has 0 aliphatic carbocycles. The van der Waals surface area contributed by atoms with Crippen molar-refractivity contribution in [2.24, 2.45) is 11.8 Å². The van der Waals surface area contributed by atoms with E-state index in [9.17, 15) is 0 Å². The number of nitrogens with one attached hydrogen (secondary N) is 1. The van der Waals surface area contributed by atoms with Crippen LogP contribution in [-0.2, 0) is 11.2 Å². The molecule has 2 rings (SSSR count). The zero-order valence-corrected chi connectivity index (χ0v) is 10.6. The smallest absolute Gasteiger partial charge is 0.0583 e. The first-order valence-electron chi connectivity index (χ1n) is 5.97. The van der Waals surface area contributed by atoms with Crippen molar-refractivity contribution in [2.45, 2.75) is 32.2 Å². The predicted molar refractivity (Wildman–Crippen MR) is 67.3 cm³/mol. The molecule has 1 saturated heterocycles. The summed E-state index contributed by atoms with van der Waals surface area (Å²) in [6.45, 7) is 3.93. The molecule has 1 atom stereocenters. The summed E-state index contributed by atoms with van der Waals surface area (Å²) in [4.78, 5) is 2.80. The molecule has 0 saturated carbocycles. The molecular formula is C12H20N2OS. The summed E-state index contributed by atoms with van der Waals surface area (Å²) < 4.78 is 5.39. The maximum absolute atomic E-state index is 5.70. The van der Waals surface area contributed by atoms with E-state index in [2.05, 4.69) is 24.5 Å². The molecule has 1 fully saturated rings. The lowest BCUT2D eigenvalue weighted by atomic mass is 9.91. The van der Waals surface area contributed by atoms with E-state index in [4.69, 9.17) is 10.6 Å². The van der Waals surface area contributed by atoms with Crippen LogP contribution >= 0.6 is 11.3 Å². The number of thiophene rings is 1. The molecule has 1 aromatic heterocycles. The van der Waals surface area contributed by atoms with Gasteiger partial charge in [0.1, 0.15) is 0 Å². The van der Waals surface area contributed by atoms with Gasteiger partial charge in [-0.25, -0.2) is 0 Å². The van der Waals surface area contributed by atoms with Crippen LogP contribution in [0.1, 0.15) is 35.6 Å². The van der Waals surface area contributed by atoms with E-state index < -0.39 is 0 Å². The van der Waals surface area contributed by atoms with Gasteiger partial charge >= 0.3 is 0 Å². The monoisotopic (exact) mass is 240 g/mol. The van der Waals surface area contributed by atoms with Gasteiger partial charge in [-0.2, -0.15) is 0 Å². The Labute approximate surface area is 101 Å². The summed E-state index contributed by atoms with van der Waals surface area (Å²) in [5.74, 6) is 6.32. The molecule has 1 aliphatic heterocycles. The topological polar surface area (TPSA) is 47.3 Å². The average Bonchev–Trinajstić information content (AvgIpc) is 2.80. The van der Waals surface area contributed by atoms with Crippen LogP contribution in [-0.4, -0.2) is 13.2 Å². The van der Waals surface area contributed by atoms with Crippen molar-refractivity contribution in [2.75, 3.05) is 13.2 Å². The van der Waals surface area contributed by atoms with Crippen molar-refractivity contribution in [1.29, 1.82) is 0 Å². The minimum Gasteiger partial charge on any atom is -0.381 e.